The van der Waals surface area contributed by atoms with Crippen molar-refractivity contribution < 1.29 is 14.0 Å². The van der Waals surface area contributed by atoms with Crippen LogP contribution in [0.5, 0.6) is 0 Å². The summed E-state index contributed by atoms with van der Waals surface area (Å²) < 4.78 is 15.2. The van der Waals surface area contributed by atoms with Gasteiger partial charge < -0.3 is 4.57 Å². The Hall–Kier alpha value is -2.30. The number of carbonyl (C=O) groups is 2. The summed E-state index contributed by atoms with van der Waals surface area (Å²) in [5.74, 6) is -1.05. The molecule has 0 fully saturated rings. The van der Waals surface area contributed by atoms with E-state index in [1.807, 2.05) is 25.3 Å². The second kappa shape index (κ2) is 4.62. The molecular formula is C16H15FN2O2. The number of benzene rings is 1. The first-order valence-electron chi connectivity index (χ1n) is 6.95. The highest BCUT2D eigenvalue weighted by Crippen LogP contribution is 2.35. The van der Waals surface area contributed by atoms with Gasteiger partial charge in [0.1, 0.15) is 23.0 Å². The lowest BCUT2D eigenvalue weighted by molar-refractivity contribution is 0.0808. The van der Waals surface area contributed by atoms with Crippen LogP contribution in [0.15, 0.2) is 18.2 Å². The molecule has 0 unspecified atom stereocenters. The number of rotatable bonds is 2. The van der Waals surface area contributed by atoms with Crippen LogP contribution in [-0.2, 0) is 6.42 Å². The highest BCUT2D eigenvalue weighted by molar-refractivity contribution is 6.52. The van der Waals surface area contributed by atoms with Gasteiger partial charge in [-0.25, -0.2) is 9.37 Å². The van der Waals surface area contributed by atoms with Crippen LogP contribution in [0.4, 0.5) is 4.39 Å². The van der Waals surface area contributed by atoms with Crippen molar-refractivity contribution in [3.8, 4) is 11.3 Å². The molecule has 0 saturated carbocycles. The van der Waals surface area contributed by atoms with Crippen molar-refractivity contribution >= 4 is 11.6 Å². The fourth-order valence-electron chi connectivity index (χ4n) is 2.83. The third-order valence-corrected chi connectivity index (χ3v) is 3.72. The van der Waals surface area contributed by atoms with Crippen molar-refractivity contribution in [1.82, 2.24) is 9.55 Å². The Morgan fingerprint density at radius 1 is 1.19 bits per heavy atom. The fourth-order valence-corrected chi connectivity index (χ4v) is 2.83. The predicted molar refractivity (Wildman–Crippen MR) is 76.0 cm³/mol. The minimum atomic E-state index is -0.665. The summed E-state index contributed by atoms with van der Waals surface area (Å²) in [4.78, 5) is 29.2. The Labute approximate surface area is 121 Å². The van der Waals surface area contributed by atoms with E-state index in [0.717, 1.165) is 11.9 Å². The molecule has 5 heteroatoms. The number of hydrogen-bond acceptors (Lipinski definition) is 3. The summed E-state index contributed by atoms with van der Waals surface area (Å²) in [6, 6.07) is 3.93. The maximum Gasteiger partial charge on any atom is 0.252 e. The average molecular weight is 286 g/mol. The zero-order valence-electron chi connectivity index (χ0n) is 12.1. The zero-order chi connectivity index (χ0) is 15.3. The number of carbonyl (C=O) groups excluding carboxylic acids is 2. The molecule has 0 radical (unpaired) electrons. The van der Waals surface area contributed by atoms with Gasteiger partial charge in [-0.05, 0) is 32.0 Å². The third-order valence-electron chi connectivity index (χ3n) is 3.72. The van der Waals surface area contributed by atoms with E-state index in [9.17, 15) is 14.0 Å². The van der Waals surface area contributed by atoms with Crippen LogP contribution in [0, 0.1) is 5.82 Å². The third kappa shape index (κ3) is 1.84. The van der Waals surface area contributed by atoms with Crippen LogP contribution in [0.2, 0.25) is 0 Å². The predicted octanol–water partition coefficient (Wildman–Crippen LogP) is 3.21. The molecule has 0 amide bonds. The number of aromatic nitrogens is 2. The number of nitrogens with zero attached hydrogens (tertiary/aromatic N) is 2. The number of hydrogen-bond donors (Lipinski definition) is 0. The number of halogens is 1. The molecule has 2 aromatic rings. The van der Waals surface area contributed by atoms with Gasteiger partial charge in [0.25, 0.3) is 5.78 Å². The lowest BCUT2D eigenvalue weighted by Crippen LogP contribution is -2.25. The Morgan fingerprint density at radius 3 is 2.52 bits per heavy atom. The van der Waals surface area contributed by atoms with E-state index in [2.05, 4.69) is 4.98 Å². The molecule has 1 aromatic heterocycles. The van der Waals surface area contributed by atoms with E-state index in [1.54, 1.807) is 0 Å². The molecule has 21 heavy (non-hydrogen) atoms. The molecule has 1 aliphatic rings. The number of aryl methyl sites for hydroxylation is 1. The van der Waals surface area contributed by atoms with Crippen molar-refractivity contribution in [1.29, 1.82) is 0 Å². The van der Waals surface area contributed by atoms with E-state index >= 15 is 0 Å². The number of ketones is 2. The maximum atomic E-state index is 13.4. The van der Waals surface area contributed by atoms with Crippen LogP contribution in [0.3, 0.4) is 0 Å². The molecule has 0 spiro atoms. The first-order valence-corrected chi connectivity index (χ1v) is 6.95. The van der Waals surface area contributed by atoms with Crippen LogP contribution < -0.4 is 0 Å². The van der Waals surface area contributed by atoms with Crippen molar-refractivity contribution in [2.45, 2.75) is 33.2 Å². The Morgan fingerprint density at radius 2 is 1.90 bits per heavy atom. The molecule has 1 heterocycles. The quantitative estimate of drug-likeness (QED) is 0.796. The van der Waals surface area contributed by atoms with E-state index < -0.39 is 17.4 Å². The molecule has 0 N–H and O–H groups in total. The zero-order valence-corrected chi connectivity index (χ0v) is 12.1. The lowest BCUT2D eigenvalue weighted by atomic mass is 9.90. The molecule has 0 saturated heterocycles. The monoisotopic (exact) mass is 286 g/mol. The standard InChI is InChI=1S/C16H15FN2O2/c1-4-12-18-13-10-6-5-9(17)7-11(10)15(20)16(21)14(13)19(12)8(2)3/h5-8H,4H2,1-3H3. The highest BCUT2D eigenvalue weighted by Gasteiger charge is 2.36. The molecule has 1 aromatic carbocycles. The molecule has 0 bridgehead atoms. The van der Waals surface area contributed by atoms with Crippen LogP contribution in [0.1, 0.15) is 53.5 Å². The summed E-state index contributed by atoms with van der Waals surface area (Å²) in [6.45, 7) is 5.84. The highest BCUT2D eigenvalue weighted by atomic mass is 19.1. The van der Waals surface area contributed by atoms with E-state index in [1.165, 1.54) is 12.1 Å². The number of fused-ring (bicyclic) bond motifs is 3. The Bertz CT molecular complexity index is 775. The van der Waals surface area contributed by atoms with Crippen LogP contribution in [-0.4, -0.2) is 21.1 Å². The molecular weight excluding hydrogens is 271 g/mol. The van der Waals surface area contributed by atoms with Crippen molar-refractivity contribution in [2.24, 2.45) is 0 Å². The molecule has 3 rings (SSSR count). The number of Topliss-reactive ketones (excluding diaryl/α,β-unsaturated/α-hetero) is 2. The van der Waals surface area contributed by atoms with Gasteiger partial charge in [-0.15, -0.1) is 0 Å². The average Bonchev–Trinajstić information content (AvgIpc) is 2.84. The van der Waals surface area contributed by atoms with Gasteiger partial charge in [-0.1, -0.05) is 6.92 Å². The van der Waals surface area contributed by atoms with Crippen molar-refractivity contribution in [3.63, 3.8) is 0 Å². The largest absolute Gasteiger partial charge is 0.322 e. The Kier molecular flexibility index (Phi) is 3.01. The second-order valence-electron chi connectivity index (χ2n) is 5.39. The summed E-state index contributed by atoms with van der Waals surface area (Å²) in [6.07, 6.45) is 0.656. The maximum absolute atomic E-state index is 13.4. The van der Waals surface area contributed by atoms with Crippen LogP contribution in [0.25, 0.3) is 11.3 Å². The topological polar surface area (TPSA) is 52.0 Å². The first kappa shape index (κ1) is 13.7. The summed E-state index contributed by atoms with van der Waals surface area (Å²) in [5.41, 5.74) is 1.44. The fraction of sp³-hybridized carbons (Fsp3) is 0.312. The van der Waals surface area contributed by atoms with E-state index in [4.69, 9.17) is 0 Å². The van der Waals surface area contributed by atoms with Crippen molar-refractivity contribution in [2.75, 3.05) is 0 Å². The molecule has 4 nitrogen and oxygen atoms in total. The second-order valence-corrected chi connectivity index (χ2v) is 5.39. The molecule has 1 aliphatic carbocycles. The molecule has 0 atom stereocenters. The van der Waals surface area contributed by atoms with Crippen molar-refractivity contribution in [3.05, 3.63) is 41.1 Å². The van der Waals surface area contributed by atoms with Gasteiger partial charge in [0.2, 0.25) is 5.78 Å². The van der Waals surface area contributed by atoms with E-state index in [-0.39, 0.29) is 11.6 Å². The minimum absolute atomic E-state index is 0.0231. The smallest absolute Gasteiger partial charge is 0.252 e. The normalized spacial score (nSPS) is 13.6. The van der Waals surface area contributed by atoms with Gasteiger partial charge in [0.05, 0.1) is 0 Å². The molecule has 108 valence electrons. The SMILES string of the molecule is CCc1nc2c(n1C(C)C)C(=O)C(=O)c1cc(F)ccc1-2. The van der Waals surface area contributed by atoms with Gasteiger partial charge in [0, 0.05) is 23.6 Å². The lowest BCUT2D eigenvalue weighted by Gasteiger charge is -2.18. The van der Waals surface area contributed by atoms with Gasteiger partial charge >= 0.3 is 0 Å². The minimum Gasteiger partial charge on any atom is -0.322 e. The van der Waals surface area contributed by atoms with Gasteiger partial charge in [-0.2, -0.15) is 0 Å². The summed E-state index contributed by atoms with van der Waals surface area (Å²) in [7, 11) is 0. The Balaban J connectivity index is 2.38. The van der Waals surface area contributed by atoms with Gasteiger partial charge in [0.15, 0.2) is 0 Å². The number of imidazole rings is 1. The summed E-state index contributed by atoms with van der Waals surface area (Å²) in [5, 5.41) is 0. The molecule has 0 aliphatic heterocycles. The van der Waals surface area contributed by atoms with E-state index in [0.29, 0.717) is 23.4 Å². The van der Waals surface area contributed by atoms with Gasteiger partial charge in [-0.3, -0.25) is 9.59 Å². The van der Waals surface area contributed by atoms with Crippen LogP contribution >= 0.6 is 0 Å². The first-order chi connectivity index (χ1) is 9.95. The summed E-state index contributed by atoms with van der Waals surface area (Å²) >= 11 is 0.